The minimum absolute atomic E-state index is 0. The fourth-order valence-electron chi connectivity index (χ4n) is 3.22. The van der Waals surface area contributed by atoms with Crippen LogP contribution in [0.4, 0.5) is 0 Å². The van der Waals surface area contributed by atoms with Crippen molar-refractivity contribution in [3.8, 4) is 22.9 Å². The molecule has 6 nitrogen and oxygen atoms in total. The van der Waals surface area contributed by atoms with Crippen LogP contribution in [0.2, 0.25) is 5.02 Å². The highest BCUT2D eigenvalue weighted by atomic mass is 35.5. The number of benzene rings is 1. The van der Waals surface area contributed by atoms with E-state index in [0.717, 1.165) is 24.8 Å². The van der Waals surface area contributed by atoms with Gasteiger partial charge in [0.15, 0.2) is 11.5 Å². The van der Waals surface area contributed by atoms with Crippen LogP contribution in [0.3, 0.4) is 0 Å². The van der Waals surface area contributed by atoms with Gasteiger partial charge in [0.1, 0.15) is 0 Å². The highest BCUT2D eigenvalue weighted by molar-refractivity contribution is 6.32. The summed E-state index contributed by atoms with van der Waals surface area (Å²) in [5, 5.41) is 4.50. The molecule has 2 unspecified atom stereocenters. The fraction of sp³-hybridized carbons (Fsp3) is 0.529. The van der Waals surface area contributed by atoms with Crippen molar-refractivity contribution in [2.75, 3.05) is 14.2 Å². The zero-order valence-corrected chi connectivity index (χ0v) is 15.9. The van der Waals surface area contributed by atoms with E-state index in [1.54, 1.807) is 26.4 Å². The number of ether oxygens (including phenoxy) is 2. The van der Waals surface area contributed by atoms with E-state index in [4.69, 9.17) is 31.3 Å². The van der Waals surface area contributed by atoms with Gasteiger partial charge in [-0.2, -0.15) is 4.98 Å². The summed E-state index contributed by atoms with van der Waals surface area (Å²) in [6.07, 6.45) is 5.31. The molecule has 138 valence electrons. The standard InChI is InChI=1S/C17H22ClN3O3.ClH/c1-22-14-8-11(7-12(18)16(14)23-2)17-20-15(24-21-17)9-10-5-3-4-6-13(10)19;/h7-8,10,13H,3-6,9,19H2,1-2H3;1H. The van der Waals surface area contributed by atoms with E-state index >= 15 is 0 Å². The Morgan fingerprint density at radius 1 is 1.24 bits per heavy atom. The molecule has 0 aliphatic heterocycles. The van der Waals surface area contributed by atoms with E-state index in [1.165, 1.54) is 12.8 Å². The molecule has 0 radical (unpaired) electrons. The minimum Gasteiger partial charge on any atom is -0.493 e. The second kappa shape index (κ2) is 8.74. The zero-order valence-electron chi connectivity index (χ0n) is 14.3. The van der Waals surface area contributed by atoms with Crippen LogP contribution in [0.25, 0.3) is 11.4 Å². The highest BCUT2D eigenvalue weighted by Gasteiger charge is 2.24. The van der Waals surface area contributed by atoms with Crippen LogP contribution in [-0.4, -0.2) is 30.4 Å². The number of nitrogens with zero attached hydrogens (tertiary/aromatic N) is 2. The summed E-state index contributed by atoms with van der Waals surface area (Å²) >= 11 is 6.24. The number of halogens is 2. The third-order valence-electron chi connectivity index (χ3n) is 4.56. The predicted molar refractivity (Wildman–Crippen MR) is 98.7 cm³/mol. The van der Waals surface area contributed by atoms with Crippen molar-refractivity contribution >= 4 is 24.0 Å². The lowest BCUT2D eigenvalue weighted by atomic mass is 9.83. The molecule has 1 fully saturated rings. The number of hydrogen-bond acceptors (Lipinski definition) is 6. The zero-order chi connectivity index (χ0) is 17.1. The van der Waals surface area contributed by atoms with Crippen LogP contribution < -0.4 is 15.2 Å². The molecule has 1 heterocycles. The van der Waals surface area contributed by atoms with Gasteiger partial charge in [-0.25, -0.2) is 0 Å². The number of nitrogens with two attached hydrogens (primary N) is 1. The van der Waals surface area contributed by atoms with Gasteiger partial charge in [0.25, 0.3) is 0 Å². The van der Waals surface area contributed by atoms with E-state index in [-0.39, 0.29) is 18.4 Å². The monoisotopic (exact) mass is 387 g/mol. The van der Waals surface area contributed by atoms with E-state index < -0.39 is 0 Å². The Bertz CT molecular complexity index is 708. The maximum atomic E-state index is 6.24. The van der Waals surface area contributed by atoms with Crippen LogP contribution in [0.15, 0.2) is 16.7 Å². The van der Waals surface area contributed by atoms with Gasteiger partial charge in [-0.3, -0.25) is 0 Å². The maximum Gasteiger partial charge on any atom is 0.227 e. The smallest absolute Gasteiger partial charge is 0.227 e. The number of methoxy groups -OCH3 is 2. The molecule has 1 saturated carbocycles. The topological polar surface area (TPSA) is 83.4 Å². The summed E-state index contributed by atoms with van der Waals surface area (Å²) in [5.41, 5.74) is 6.92. The first-order chi connectivity index (χ1) is 11.6. The summed E-state index contributed by atoms with van der Waals surface area (Å²) < 4.78 is 16.0. The van der Waals surface area contributed by atoms with E-state index in [9.17, 15) is 0 Å². The molecule has 0 saturated heterocycles. The molecule has 1 aromatic heterocycles. The molecule has 3 rings (SSSR count). The molecular formula is C17H23Cl2N3O3. The van der Waals surface area contributed by atoms with E-state index in [1.807, 2.05) is 0 Å². The van der Waals surface area contributed by atoms with Gasteiger partial charge < -0.3 is 19.7 Å². The second-order valence-electron chi connectivity index (χ2n) is 6.12. The lowest BCUT2D eigenvalue weighted by molar-refractivity contribution is 0.273. The number of hydrogen-bond donors (Lipinski definition) is 1. The van der Waals surface area contributed by atoms with Crippen LogP contribution in [0, 0.1) is 5.92 Å². The maximum absolute atomic E-state index is 6.24. The Morgan fingerprint density at radius 3 is 2.68 bits per heavy atom. The minimum atomic E-state index is 0. The molecule has 1 aliphatic rings. The van der Waals surface area contributed by atoms with Gasteiger partial charge in [-0.15, -0.1) is 12.4 Å². The Balaban J connectivity index is 0.00000225. The number of rotatable bonds is 5. The summed E-state index contributed by atoms with van der Waals surface area (Å²) in [6, 6.07) is 3.74. The van der Waals surface area contributed by atoms with Gasteiger partial charge in [0, 0.05) is 18.0 Å². The van der Waals surface area contributed by atoms with Crippen molar-refractivity contribution in [2.24, 2.45) is 11.7 Å². The lowest BCUT2D eigenvalue weighted by Gasteiger charge is -2.27. The van der Waals surface area contributed by atoms with E-state index in [2.05, 4.69) is 10.1 Å². The largest absolute Gasteiger partial charge is 0.493 e. The first-order valence-electron chi connectivity index (χ1n) is 8.12. The predicted octanol–water partition coefficient (Wildman–Crippen LogP) is 3.89. The Morgan fingerprint density at radius 2 is 2.00 bits per heavy atom. The molecule has 0 bridgehead atoms. The van der Waals surface area contributed by atoms with Crippen molar-refractivity contribution in [3.63, 3.8) is 0 Å². The first-order valence-corrected chi connectivity index (χ1v) is 8.50. The van der Waals surface area contributed by atoms with Gasteiger partial charge >= 0.3 is 0 Å². The Labute approximate surface area is 158 Å². The molecule has 0 spiro atoms. The lowest BCUT2D eigenvalue weighted by Crippen LogP contribution is -2.34. The van der Waals surface area contributed by atoms with Crippen LogP contribution in [0.1, 0.15) is 31.6 Å². The first kappa shape index (κ1) is 19.8. The molecular weight excluding hydrogens is 365 g/mol. The average molecular weight is 388 g/mol. The van der Waals surface area contributed by atoms with E-state index in [0.29, 0.717) is 34.2 Å². The Hall–Kier alpha value is -1.50. The third kappa shape index (κ3) is 4.37. The summed E-state index contributed by atoms with van der Waals surface area (Å²) in [6.45, 7) is 0. The molecule has 2 aromatic rings. The third-order valence-corrected chi connectivity index (χ3v) is 4.85. The van der Waals surface area contributed by atoms with Crippen molar-refractivity contribution < 1.29 is 14.0 Å². The second-order valence-corrected chi connectivity index (χ2v) is 6.53. The van der Waals surface area contributed by atoms with Crippen LogP contribution >= 0.6 is 24.0 Å². The number of aromatic nitrogens is 2. The van der Waals surface area contributed by atoms with Gasteiger partial charge in [-0.05, 0) is 30.9 Å². The molecule has 8 heteroatoms. The summed E-state index contributed by atoms with van der Waals surface area (Å²) in [7, 11) is 3.10. The van der Waals surface area contributed by atoms with Gasteiger partial charge in [0.05, 0.1) is 19.2 Å². The highest BCUT2D eigenvalue weighted by Crippen LogP contribution is 2.38. The normalized spacial score (nSPS) is 20.0. The van der Waals surface area contributed by atoms with Gasteiger partial charge in [0.2, 0.25) is 11.7 Å². The summed E-state index contributed by atoms with van der Waals surface area (Å²) in [5.74, 6) is 2.51. The molecule has 25 heavy (non-hydrogen) atoms. The summed E-state index contributed by atoms with van der Waals surface area (Å²) in [4.78, 5) is 4.49. The molecule has 0 amide bonds. The molecule has 1 aromatic carbocycles. The fourth-order valence-corrected chi connectivity index (χ4v) is 3.50. The average Bonchev–Trinajstić information content (AvgIpc) is 3.04. The van der Waals surface area contributed by atoms with Crippen molar-refractivity contribution in [1.82, 2.24) is 10.1 Å². The van der Waals surface area contributed by atoms with Crippen molar-refractivity contribution in [2.45, 2.75) is 38.1 Å². The van der Waals surface area contributed by atoms with Crippen molar-refractivity contribution in [1.29, 1.82) is 0 Å². The Kier molecular flexibility index (Phi) is 6.93. The van der Waals surface area contributed by atoms with Crippen molar-refractivity contribution in [3.05, 3.63) is 23.0 Å². The van der Waals surface area contributed by atoms with Crippen LogP contribution in [0.5, 0.6) is 11.5 Å². The SMILES string of the molecule is COc1cc(-c2noc(CC3CCCCC3N)n2)cc(Cl)c1OC.Cl. The molecule has 2 N–H and O–H groups in total. The molecule has 2 atom stereocenters. The van der Waals surface area contributed by atoms with Gasteiger partial charge in [-0.1, -0.05) is 29.6 Å². The quantitative estimate of drug-likeness (QED) is 0.837. The molecule has 1 aliphatic carbocycles. The van der Waals surface area contributed by atoms with Crippen LogP contribution in [-0.2, 0) is 6.42 Å².